The van der Waals surface area contributed by atoms with Crippen molar-refractivity contribution >= 4 is 22.2 Å². The van der Waals surface area contributed by atoms with E-state index >= 15 is 0 Å². The predicted octanol–water partition coefficient (Wildman–Crippen LogP) is 1.64. The minimum Gasteiger partial charge on any atom is -0.296 e. The number of halogens is 1. The van der Waals surface area contributed by atoms with Crippen LogP contribution in [0.2, 0.25) is 0 Å². The summed E-state index contributed by atoms with van der Waals surface area (Å²) in [6.45, 7) is 0. The Balaban J connectivity index is 3.30. The van der Waals surface area contributed by atoms with Gasteiger partial charge in [-0.05, 0) is 22.0 Å². The lowest BCUT2D eigenvalue weighted by molar-refractivity contribution is 0.111. The smallest absolute Gasteiger partial charge is 0.169 e. The highest BCUT2D eigenvalue weighted by atomic mass is 79.9. The van der Waals surface area contributed by atoms with Crippen LogP contribution < -0.4 is 0 Å². The van der Waals surface area contributed by atoms with Gasteiger partial charge in [0.25, 0.3) is 0 Å². The number of hydrogen-bond acceptors (Lipinski definition) is 2. The summed E-state index contributed by atoms with van der Waals surface area (Å²) in [4.78, 5) is 14.1. The van der Waals surface area contributed by atoms with Crippen LogP contribution in [0.4, 0.5) is 0 Å². The molecule has 54 valence electrons. The molecule has 1 aromatic heterocycles. The Morgan fingerprint density at radius 2 is 2.45 bits per heavy atom. The summed E-state index contributed by atoms with van der Waals surface area (Å²) in [5.74, 6) is 2.36. The Bertz CT molecular complexity index is 327. The summed E-state index contributed by atoms with van der Waals surface area (Å²) < 4.78 is 0.774. The fourth-order valence-corrected chi connectivity index (χ4v) is 0.991. The maximum Gasteiger partial charge on any atom is 0.169 e. The van der Waals surface area contributed by atoms with Gasteiger partial charge in [0.1, 0.15) is 5.69 Å². The van der Waals surface area contributed by atoms with Crippen LogP contribution in [0.5, 0.6) is 0 Å². The molecule has 0 amide bonds. The van der Waals surface area contributed by atoms with Crippen LogP contribution >= 0.6 is 15.9 Å². The van der Waals surface area contributed by atoms with E-state index in [1.807, 2.05) is 0 Å². The van der Waals surface area contributed by atoms with Gasteiger partial charge < -0.3 is 0 Å². The first-order valence-corrected chi connectivity index (χ1v) is 3.64. The van der Waals surface area contributed by atoms with Gasteiger partial charge in [-0.2, -0.15) is 0 Å². The molecule has 0 atom stereocenters. The topological polar surface area (TPSA) is 30.0 Å². The molecule has 2 nitrogen and oxygen atoms in total. The third kappa shape index (κ3) is 1.66. The molecule has 0 radical (unpaired) electrons. The van der Waals surface area contributed by atoms with Gasteiger partial charge in [0.15, 0.2) is 6.29 Å². The molecule has 0 N–H and O–H groups in total. The Kier molecular flexibility index (Phi) is 2.40. The van der Waals surface area contributed by atoms with Crippen molar-refractivity contribution in [3.05, 3.63) is 28.0 Å². The maximum atomic E-state index is 10.3. The normalized spacial score (nSPS) is 8.73. The molecule has 0 aliphatic rings. The average Bonchev–Trinajstić information content (AvgIpc) is 2.04. The first-order valence-electron chi connectivity index (χ1n) is 2.85. The second-order valence-electron chi connectivity index (χ2n) is 1.85. The van der Waals surface area contributed by atoms with Crippen LogP contribution in [0.3, 0.4) is 0 Å². The summed E-state index contributed by atoms with van der Waals surface area (Å²) in [6.07, 6.45) is 7.30. The minimum atomic E-state index is 0.302. The number of rotatable bonds is 1. The van der Waals surface area contributed by atoms with E-state index in [0.29, 0.717) is 17.5 Å². The van der Waals surface area contributed by atoms with E-state index in [9.17, 15) is 4.79 Å². The molecule has 0 saturated carbocycles. The van der Waals surface area contributed by atoms with Crippen molar-refractivity contribution < 1.29 is 4.79 Å². The molecule has 0 unspecified atom stereocenters. The lowest BCUT2D eigenvalue weighted by atomic mass is 10.2. The first kappa shape index (κ1) is 7.96. The molecule has 1 rings (SSSR count). The minimum absolute atomic E-state index is 0.302. The highest BCUT2D eigenvalue weighted by Crippen LogP contribution is 2.11. The lowest BCUT2D eigenvalue weighted by Gasteiger charge is -1.94. The van der Waals surface area contributed by atoms with Gasteiger partial charge in [0, 0.05) is 10.7 Å². The van der Waals surface area contributed by atoms with Crippen molar-refractivity contribution in [1.29, 1.82) is 0 Å². The van der Waals surface area contributed by atoms with Crippen LogP contribution in [0.15, 0.2) is 16.7 Å². The molecule has 11 heavy (non-hydrogen) atoms. The van der Waals surface area contributed by atoms with Gasteiger partial charge in [-0.1, -0.05) is 5.92 Å². The van der Waals surface area contributed by atoms with Crippen LogP contribution in [-0.4, -0.2) is 11.3 Å². The van der Waals surface area contributed by atoms with Crippen molar-refractivity contribution in [2.45, 2.75) is 0 Å². The number of pyridine rings is 1. The molecule has 0 aliphatic carbocycles. The first-order chi connectivity index (χ1) is 5.27. The molecular weight excluding hydrogens is 206 g/mol. The molecule has 0 aliphatic heterocycles. The largest absolute Gasteiger partial charge is 0.296 e. The number of carbonyl (C=O) groups excluding carboxylic acids is 1. The van der Waals surface area contributed by atoms with Gasteiger partial charge in [-0.25, -0.2) is 0 Å². The third-order valence-corrected chi connectivity index (χ3v) is 1.59. The summed E-state index contributed by atoms with van der Waals surface area (Å²) in [5, 5.41) is 0. The van der Waals surface area contributed by atoms with Gasteiger partial charge in [-0.15, -0.1) is 6.42 Å². The number of aromatic nitrogens is 1. The van der Waals surface area contributed by atoms with E-state index in [4.69, 9.17) is 6.42 Å². The fourth-order valence-electron chi connectivity index (χ4n) is 0.659. The molecule has 0 bridgehead atoms. The van der Waals surface area contributed by atoms with Gasteiger partial charge in [-0.3, -0.25) is 9.78 Å². The highest BCUT2D eigenvalue weighted by molar-refractivity contribution is 9.10. The Hall–Kier alpha value is -1.14. The number of hydrogen-bond donors (Lipinski definition) is 0. The van der Waals surface area contributed by atoms with Crippen LogP contribution in [-0.2, 0) is 0 Å². The predicted molar refractivity (Wildman–Crippen MR) is 45.3 cm³/mol. The zero-order chi connectivity index (χ0) is 8.27. The number of carbonyl (C=O) groups is 1. The van der Waals surface area contributed by atoms with Crippen molar-refractivity contribution in [2.24, 2.45) is 0 Å². The van der Waals surface area contributed by atoms with Gasteiger partial charge >= 0.3 is 0 Å². The van der Waals surface area contributed by atoms with Crippen molar-refractivity contribution in [1.82, 2.24) is 4.98 Å². The second-order valence-corrected chi connectivity index (χ2v) is 2.76. The molecule has 0 fully saturated rings. The summed E-state index contributed by atoms with van der Waals surface area (Å²) in [5.41, 5.74) is 0.810. The van der Waals surface area contributed by atoms with Crippen molar-refractivity contribution in [3.63, 3.8) is 0 Å². The maximum absolute atomic E-state index is 10.3. The van der Waals surface area contributed by atoms with E-state index in [2.05, 4.69) is 26.8 Å². The van der Waals surface area contributed by atoms with E-state index in [1.165, 1.54) is 6.20 Å². The molecule has 1 heterocycles. The van der Waals surface area contributed by atoms with E-state index in [0.717, 1.165) is 4.47 Å². The van der Waals surface area contributed by atoms with Gasteiger partial charge in [0.05, 0.1) is 5.56 Å². The molecular formula is C8H4BrNO. The summed E-state index contributed by atoms with van der Waals surface area (Å²) in [6, 6.07) is 1.68. The van der Waals surface area contributed by atoms with Crippen LogP contribution in [0.1, 0.15) is 16.1 Å². The third-order valence-electron chi connectivity index (χ3n) is 1.15. The van der Waals surface area contributed by atoms with Crippen molar-refractivity contribution in [3.8, 4) is 12.3 Å². The molecule has 1 aromatic rings. The monoisotopic (exact) mass is 209 g/mol. The highest BCUT2D eigenvalue weighted by Gasteiger charge is 1.99. The second kappa shape index (κ2) is 3.31. The fraction of sp³-hybridized carbons (Fsp3) is 0. The zero-order valence-corrected chi connectivity index (χ0v) is 7.13. The Morgan fingerprint density at radius 3 is 3.00 bits per heavy atom. The molecule has 3 heteroatoms. The summed E-state index contributed by atoms with van der Waals surface area (Å²) >= 11 is 3.19. The molecule has 0 aromatic carbocycles. The summed E-state index contributed by atoms with van der Waals surface area (Å²) in [7, 11) is 0. The average molecular weight is 210 g/mol. The van der Waals surface area contributed by atoms with Crippen LogP contribution in [0, 0.1) is 12.3 Å². The Morgan fingerprint density at radius 1 is 1.73 bits per heavy atom. The molecule has 0 spiro atoms. The zero-order valence-electron chi connectivity index (χ0n) is 5.54. The number of nitrogens with zero attached hydrogens (tertiary/aromatic N) is 1. The standard InChI is InChI=1S/C8H4BrNO/c1-2-6-3-7(9)4-10-8(6)5-11/h1,3-5H. The lowest BCUT2D eigenvalue weighted by Crippen LogP contribution is -1.91. The molecule has 0 saturated heterocycles. The Labute approximate surface area is 72.8 Å². The van der Waals surface area contributed by atoms with Crippen molar-refractivity contribution in [2.75, 3.05) is 0 Å². The van der Waals surface area contributed by atoms with Gasteiger partial charge in [0.2, 0.25) is 0 Å². The van der Waals surface area contributed by atoms with E-state index in [1.54, 1.807) is 6.07 Å². The van der Waals surface area contributed by atoms with Crippen LogP contribution in [0.25, 0.3) is 0 Å². The SMILES string of the molecule is C#Cc1cc(Br)cnc1C=O. The quantitative estimate of drug-likeness (QED) is 0.520. The number of terminal acetylenes is 1. The van der Waals surface area contributed by atoms with E-state index < -0.39 is 0 Å². The number of aldehydes is 1. The van der Waals surface area contributed by atoms with E-state index in [-0.39, 0.29) is 0 Å².